The van der Waals surface area contributed by atoms with Crippen LogP contribution in [0.2, 0.25) is 0 Å². The molecular formula is C18H19NO4. The van der Waals surface area contributed by atoms with Crippen molar-refractivity contribution in [1.29, 1.82) is 0 Å². The van der Waals surface area contributed by atoms with Crippen molar-refractivity contribution in [3.8, 4) is 17.2 Å². The topological polar surface area (TPSA) is 56.8 Å². The minimum Gasteiger partial charge on any atom is -0.496 e. The second kappa shape index (κ2) is 6.60. The number of carbonyl (C=O) groups excluding carboxylic acids is 1. The standard InChI is InChI=1S/C18H19NO4/c1-12(17-11-22-15-9-5-6-10-16(15)23-17)19-18(20)13-7-3-4-8-14(13)21-2/h3-10,12,17H,11H2,1-2H3,(H,19,20)/t12-,17-/m0/s1. The van der Waals surface area contributed by atoms with E-state index in [0.717, 1.165) is 5.75 Å². The lowest BCUT2D eigenvalue weighted by atomic mass is 10.1. The first-order valence-electron chi connectivity index (χ1n) is 7.51. The molecular weight excluding hydrogens is 294 g/mol. The largest absolute Gasteiger partial charge is 0.496 e. The highest BCUT2D eigenvalue weighted by Gasteiger charge is 2.27. The van der Waals surface area contributed by atoms with Gasteiger partial charge in [-0.15, -0.1) is 0 Å². The smallest absolute Gasteiger partial charge is 0.255 e. The molecule has 0 aromatic heterocycles. The molecule has 1 aliphatic heterocycles. The van der Waals surface area contributed by atoms with Crippen LogP contribution < -0.4 is 19.5 Å². The summed E-state index contributed by atoms with van der Waals surface area (Å²) in [6, 6.07) is 14.4. The Morgan fingerprint density at radius 1 is 1.17 bits per heavy atom. The Balaban J connectivity index is 1.68. The van der Waals surface area contributed by atoms with Crippen LogP contribution in [0.25, 0.3) is 0 Å². The van der Waals surface area contributed by atoms with Crippen LogP contribution in [0.15, 0.2) is 48.5 Å². The summed E-state index contributed by atoms with van der Waals surface area (Å²) in [6.45, 7) is 2.29. The molecule has 1 heterocycles. The monoisotopic (exact) mass is 313 g/mol. The van der Waals surface area contributed by atoms with Crippen molar-refractivity contribution >= 4 is 5.91 Å². The van der Waals surface area contributed by atoms with Crippen molar-refractivity contribution in [2.75, 3.05) is 13.7 Å². The Kier molecular flexibility index (Phi) is 4.37. The number of hydrogen-bond acceptors (Lipinski definition) is 4. The summed E-state index contributed by atoms with van der Waals surface area (Å²) in [5.41, 5.74) is 0.499. The molecule has 0 bridgehead atoms. The van der Waals surface area contributed by atoms with Gasteiger partial charge < -0.3 is 19.5 Å². The zero-order valence-electron chi connectivity index (χ0n) is 13.1. The molecule has 0 saturated carbocycles. The molecule has 0 aliphatic carbocycles. The van der Waals surface area contributed by atoms with Crippen molar-refractivity contribution in [2.24, 2.45) is 0 Å². The van der Waals surface area contributed by atoms with Crippen LogP contribution in [0, 0.1) is 0 Å². The van der Waals surface area contributed by atoms with Gasteiger partial charge in [0.15, 0.2) is 17.6 Å². The number of para-hydroxylation sites is 3. The molecule has 1 N–H and O–H groups in total. The highest BCUT2D eigenvalue weighted by molar-refractivity contribution is 5.97. The summed E-state index contributed by atoms with van der Waals surface area (Å²) in [4.78, 5) is 12.4. The van der Waals surface area contributed by atoms with Gasteiger partial charge in [0.1, 0.15) is 12.4 Å². The van der Waals surface area contributed by atoms with Gasteiger partial charge in [0.05, 0.1) is 18.7 Å². The molecule has 1 amide bonds. The molecule has 1 aliphatic rings. The fraction of sp³-hybridized carbons (Fsp3) is 0.278. The fourth-order valence-corrected chi connectivity index (χ4v) is 2.49. The van der Waals surface area contributed by atoms with Crippen LogP contribution in [0.4, 0.5) is 0 Å². The molecule has 23 heavy (non-hydrogen) atoms. The van der Waals surface area contributed by atoms with Crippen LogP contribution in [0.3, 0.4) is 0 Å². The lowest BCUT2D eigenvalue weighted by molar-refractivity contribution is 0.0605. The van der Waals surface area contributed by atoms with Crippen molar-refractivity contribution in [3.63, 3.8) is 0 Å². The Labute approximate surface area is 135 Å². The maximum Gasteiger partial charge on any atom is 0.255 e. The van der Waals surface area contributed by atoms with E-state index in [1.807, 2.05) is 37.3 Å². The predicted octanol–water partition coefficient (Wildman–Crippen LogP) is 2.65. The van der Waals surface area contributed by atoms with E-state index < -0.39 is 0 Å². The third-order valence-electron chi connectivity index (χ3n) is 3.80. The molecule has 0 saturated heterocycles. The number of carbonyl (C=O) groups is 1. The number of amides is 1. The van der Waals surface area contributed by atoms with Crippen LogP contribution in [-0.4, -0.2) is 31.8 Å². The van der Waals surface area contributed by atoms with E-state index >= 15 is 0 Å². The maximum absolute atomic E-state index is 12.4. The molecule has 3 rings (SSSR count). The predicted molar refractivity (Wildman–Crippen MR) is 86.3 cm³/mol. The number of hydrogen-bond donors (Lipinski definition) is 1. The van der Waals surface area contributed by atoms with E-state index in [4.69, 9.17) is 14.2 Å². The second-order valence-electron chi connectivity index (χ2n) is 5.38. The third-order valence-corrected chi connectivity index (χ3v) is 3.80. The molecule has 5 heteroatoms. The van der Waals surface area contributed by atoms with Crippen LogP contribution >= 0.6 is 0 Å². The van der Waals surface area contributed by atoms with Crippen molar-refractivity contribution in [3.05, 3.63) is 54.1 Å². The zero-order valence-corrected chi connectivity index (χ0v) is 13.1. The normalized spacial score (nSPS) is 17.2. The second-order valence-corrected chi connectivity index (χ2v) is 5.38. The van der Waals surface area contributed by atoms with Gasteiger partial charge in [-0.3, -0.25) is 4.79 Å². The molecule has 0 unspecified atom stereocenters. The summed E-state index contributed by atoms with van der Waals surface area (Å²) in [6.07, 6.45) is -0.247. The highest BCUT2D eigenvalue weighted by atomic mass is 16.6. The minimum atomic E-state index is -0.247. The van der Waals surface area contributed by atoms with Crippen LogP contribution in [0.1, 0.15) is 17.3 Å². The maximum atomic E-state index is 12.4. The van der Waals surface area contributed by atoms with Gasteiger partial charge in [-0.2, -0.15) is 0 Å². The molecule has 2 aromatic carbocycles. The van der Waals surface area contributed by atoms with Crippen LogP contribution in [0.5, 0.6) is 17.2 Å². The molecule has 5 nitrogen and oxygen atoms in total. The van der Waals surface area contributed by atoms with Gasteiger partial charge >= 0.3 is 0 Å². The average molecular weight is 313 g/mol. The third kappa shape index (κ3) is 3.23. The van der Waals surface area contributed by atoms with Gasteiger partial charge in [0, 0.05) is 0 Å². The summed E-state index contributed by atoms with van der Waals surface area (Å²) in [5.74, 6) is 1.77. The van der Waals surface area contributed by atoms with Gasteiger partial charge in [0.25, 0.3) is 5.91 Å². The first kappa shape index (κ1) is 15.2. The first-order chi connectivity index (χ1) is 11.2. The number of ether oxygens (including phenoxy) is 3. The lowest BCUT2D eigenvalue weighted by Crippen LogP contribution is -2.48. The Bertz CT molecular complexity index is 701. The molecule has 0 radical (unpaired) electrons. The summed E-state index contributed by atoms with van der Waals surface area (Å²) >= 11 is 0. The molecule has 0 spiro atoms. The lowest BCUT2D eigenvalue weighted by Gasteiger charge is -2.30. The Morgan fingerprint density at radius 2 is 1.87 bits per heavy atom. The average Bonchev–Trinajstić information content (AvgIpc) is 2.61. The summed E-state index contributed by atoms with van der Waals surface area (Å²) in [5, 5.41) is 2.95. The Hall–Kier alpha value is -2.69. The van der Waals surface area contributed by atoms with Gasteiger partial charge in [-0.1, -0.05) is 24.3 Å². The SMILES string of the molecule is COc1ccccc1C(=O)N[C@@H](C)[C@@H]1COc2ccccc2O1. The molecule has 2 aromatic rings. The molecule has 120 valence electrons. The number of fused-ring (bicyclic) bond motifs is 1. The number of methoxy groups -OCH3 is 1. The number of benzene rings is 2. The van der Waals surface area contributed by atoms with E-state index in [1.165, 1.54) is 0 Å². The highest BCUT2D eigenvalue weighted by Crippen LogP contribution is 2.31. The van der Waals surface area contributed by atoms with E-state index in [-0.39, 0.29) is 18.1 Å². The molecule has 0 fully saturated rings. The number of nitrogens with one attached hydrogen (secondary N) is 1. The van der Waals surface area contributed by atoms with E-state index in [2.05, 4.69) is 5.32 Å². The van der Waals surface area contributed by atoms with Crippen molar-refractivity contribution in [1.82, 2.24) is 5.32 Å². The van der Waals surface area contributed by atoms with Gasteiger partial charge in [0.2, 0.25) is 0 Å². The van der Waals surface area contributed by atoms with Gasteiger partial charge in [-0.25, -0.2) is 0 Å². The van der Waals surface area contributed by atoms with E-state index in [1.54, 1.807) is 25.3 Å². The summed E-state index contributed by atoms with van der Waals surface area (Å²) in [7, 11) is 1.55. The van der Waals surface area contributed by atoms with Crippen molar-refractivity contribution in [2.45, 2.75) is 19.1 Å². The minimum absolute atomic E-state index is 0.197. The van der Waals surface area contributed by atoms with Gasteiger partial charge in [-0.05, 0) is 31.2 Å². The molecule has 2 atom stereocenters. The first-order valence-corrected chi connectivity index (χ1v) is 7.51. The van der Waals surface area contributed by atoms with E-state index in [9.17, 15) is 4.79 Å². The van der Waals surface area contributed by atoms with E-state index in [0.29, 0.717) is 23.7 Å². The van der Waals surface area contributed by atoms with Crippen LogP contribution in [-0.2, 0) is 0 Å². The summed E-state index contributed by atoms with van der Waals surface area (Å²) < 4.78 is 16.8. The fourth-order valence-electron chi connectivity index (χ4n) is 2.49. The quantitative estimate of drug-likeness (QED) is 0.943. The zero-order chi connectivity index (χ0) is 16.2. The Morgan fingerprint density at radius 3 is 2.65 bits per heavy atom. The number of rotatable bonds is 4. The van der Waals surface area contributed by atoms with Crippen molar-refractivity contribution < 1.29 is 19.0 Å².